The number of rotatable bonds is 7. The molecule has 1 unspecified atom stereocenters. The van der Waals surface area contributed by atoms with Gasteiger partial charge in [-0.2, -0.15) is 0 Å². The van der Waals surface area contributed by atoms with E-state index in [0.717, 1.165) is 18.6 Å². The van der Waals surface area contributed by atoms with Gasteiger partial charge < -0.3 is 5.11 Å². The van der Waals surface area contributed by atoms with Crippen LogP contribution < -0.4 is 0 Å². The van der Waals surface area contributed by atoms with Gasteiger partial charge in [-0.15, -0.1) is 47.0 Å². The molecule has 1 aliphatic rings. The second-order valence-corrected chi connectivity index (χ2v) is 8.55. The smallest absolute Gasteiger partial charge is 0.0885 e. The minimum atomic E-state index is 0.241. The molecule has 1 aliphatic heterocycles. The average Bonchev–Trinajstić information content (AvgIpc) is 2.92. The topological polar surface area (TPSA) is 20.2 Å². The molecule has 1 aromatic carbocycles. The average molecular weight is 331 g/mol. The second kappa shape index (κ2) is 8.57. The van der Waals surface area contributed by atoms with Gasteiger partial charge in [0.25, 0.3) is 0 Å². The lowest BCUT2D eigenvalue weighted by Crippen LogP contribution is -1.86. The van der Waals surface area contributed by atoms with E-state index in [-0.39, 0.29) is 5.94 Å². The molecule has 1 heterocycles. The van der Waals surface area contributed by atoms with Crippen LogP contribution in [0.5, 0.6) is 0 Å². The van der Waals surface area contributed by atoms with Crippen LogP contribution in [0.4, 0.5) is 0 Å². The number of benzene rings is 1. The lowest BCUT2D eigenvalue weighted by molar-refractivity contribution is 0.375. The molecule has 5 heteroatoms. The third-order valence-electron chi connectivity index (χ3n) is 2.77. The zero-order valence-corrected chi connectivity index (χ0v) is 14.1. The predicted octanol–water partition coefficient (Wildman–Crippen LogP) is 5.19. The van der Waals surface area contributed by atoms with Gasteiger partial charge in [-0.3, -0.25) is 0 Å². The molecule has 1 atom stereocenters. The largest absolute Gasteiger partial charge is 0.386 e. The van der Waals surface area contributed by atoms with E-state index >= 15 is 0 Å². The maximum Gasteiger partial charge on any atom is 0.0885 e. The first-order chi connectivity index (χ1) is 9.33. The highest BCUT2D eigenvalue weighted by Gasteiger charge is 2.19. The number of hydrogen-bond acceptors (Lipinski definition) is 5. The predicted molar refractivity (Wildman–Crippen MR) is 93.0 cm³/mol. The molecule has 0 aromatic heterocycles. The lowest BCUT2D eigenvalue weighted by atomic mass is 10.2. The van der Waals surface area contributed by atoms with Crippen LogP contribution in [0.25, 0.3) is 0 Å². The van der Waals surface area contributed by atoms with E-state index in [4.69, 9.17) is 5.11 Å². The van der Waals surface area contributed by atoms with Gasteiger partial charge >= 0.3 is 0 Å². The van der Waals surface area contributed by atoms with E-state index in [1.165, 1.54) is 15.4 Å². The SMILES string of the molecule is CSc1ccc(C2SC=C(CCCSCO)S2)cc1. The molecule has 0 saturated carbocycles. The van der Waals surface area contributed by atoms with E-state index in [9.17, 15) is 0 Å². The molecule has 104 valence electrons. The number of aliphatic hydroxyl groups excluding tert-OH is 1. The quantitative estimate of drug-likeness (QED) is 0.420. The van der Waals surface area contributed by atoms with E-state index in [0.29, 0.717) is 4.58 Å². The molecule has 1 N–H and O–H groups in total. The Morgan fingerprint density at radius 3 is 2.74 bits per heavy atom. The van der Waals surface area contributed by atoms with Crippen molar-refractivity contribution in [2.45, 2.75) is 22.3 Å². The first kappa shape index (κ1) is 15.7. The monoisotopic (exact) mass is 330 g/mol. The van der Waals surface area contributed by atoms with Crippen molar-refractivity contribution in [3.63, 3.8) is 0 Å². The standard InChI is InChI=1S/C14H18OS4/c1-16-12-6-4-11(5-7-12)14-18-9-13(19-14)3-2-8-17-10-15/h4-7,9,14-15H,2-3,8,10H2,1H3. The molecule has 2 rings (SSSR count). The van der Waals surface area contributed by atoms with Gasteiger partial charge in [-0.05, 0) is 52.9 Å². The number of thioether (sulfide) groups is 4. The zero-order valence-electron chi connectivity index (χ0n) is 10.9. The molecular weight excluding hydrogens is 312 g/mol. The summed E-state index contributed by atoms with van der Waals surface area (Å²) >= 11 is 7.29. The van der Waals surface area contributed by atoms with E-state index < -0.39 is 0 Å². The highest BCUT2D eigenvalue weighted by atomic mass is 32.2. The van der Waals surface area contributed by atoms with Gasteiger partial charge in [0.15, 0.2) is 0 Å². The van der Waals surface area contributed by atoms with Crippen molar-refractivity contribution in [2.24, 2.45) is 0 Å². The normalized spacial score (nSPS) is 18.6. The van der Waals surface area contributed by atoms with Gasteiger partial charge in [0.05, 0.1) is 10.5 Å². The molecule has 0 fully saturated rings. The highest BCUT2D eigenvalue weighted by molar-refractivity contribution is 8.22. The number of aliphatic hydroxyl groups is 1. The Morgan fingerprint density at radius 1 is 1.26 bits per heavy atom. The molecule has 0 saturated heterocycles. The van der Waals surface area contributed by atoms with Crippen molar-refractivity contribution >= 4 is 47.0 Å². The van der Waals surface area contributed by atoms with Crippen LogP contribution in [0.1, 0.15) is 23.0 Å². The molecule has 0 bridgehead atoms. The van der Waals surface area contributed by atoms with Gasteiger partial charge in [0, 0.05) is 4.90 Å². The molecule has 0 radical (unpaired) electrons. The van der Waals surface area contributed by atoms with Crippen LogP contribution in [-0.4, -0.2) is 23.1 Å². The fourth-order valence-electron chi connectivity index (χ4n) is 1.77. The molecule has 0 amide bonds. The Bertz CT molecular complexity index is 416. The molecule has 0 aliphatic carbocycles. The van der Waals surface area contributed by atoms with Gasteiger partial charge in [0.2, 0.25) is 0 Å². The van der Waals surface area contributed by atoms with Crippen LogP contribution in [0.15, 0.2) is 39.5 Å². The summed E-state index contributed by atoms with van der Waals surface area (Å²) in [4.78, 5) is 2.81. The van der Waals surface area contributed by atoms with Crippen molar-refractivity contribution in [1.29, 1.82) is 0 Å². The summed E-state index contributed by atoms with van der Waals surface area (Å²) in [6.07, 6.45) is 4.41. The van der Waals surface area contributed by atoms with Crippen molar-refractivity contribution in [2.75, 3.05) is 17.9 Å². The second-order valence-electron chi connectivity index (χ2n) is 4.08. The minimum absolute atomic E-state index is 0.241. The van der Waals surface area contributed by atoms with Crippen LogP contribution in [-0.2, 0) is 0 Å². The molecule has 1 aromatic rings. The van der Waals surface area contributed by atoms with Crippen LogP contribution in [0.2, 0.25) is 0 Å². The molecule has 1 nitrogen and oxygen atoms in total. The zero-order chi connectivity index (χ0) is 13.5. The Hall–Kier alpha value is 0.320. The van der Waals surface area contributed by atoms with Gasteiger partial charge in [-0.1, -0.05) is 12.1 Å². The summed E-state index contributed by atoms with van der Waals surface area (Å²) in [7, 11) is 0. The number of allylic oxidation sites excluding steroid dienone is 1. The van der Waals surface area contributed by atoms with E-state index in [1.54, 1.807) is 23.5 Å². The summed E-state index contributed by atoms with van der Waals surface area (Å²) in [5, 5.41) is 11.0. The van der Waals surface area contributed by atoms with E-state index in [1.807, 2.05) is 23.5 Å². The van der Waals surface area contributed by atoms with Gasteiger partial charge in [-0.25, -0.2) is 0 Å². The first-order valence-electron chi connectivity index (χ1n) is 6.17. The van der Waals surface area contributed by atoms with Crippen LogP contribution in [0, 0.1) is 0 Å². The fourth-order valence-corrected chi connectivity index (χ4v) is 5.34. The summed E-state index contributed by atoms with van der Waals surface area (Å²) < 4.78 is 0.524. The molecule has 19 heavy (non-hydrogen) atoms. The Kier molecular flexibility index (Phi) is 7.09. The van der Waals surface area contributed by atoms with Crippen LogP contribution >= 0.6 is 47.0 Å². The third kappa shape index (κ3) is 4.97. The first-order valence-corrected chi connectivity index (χ1v) is 10.4. The Labute approximate surface area is 132 Å². The summed E-state index contributed by atoms with van der Waals surface area (Å²) in [5.41, 5.74) is 1.41. The maximum atomic E-state index is 8.73. The van der Waals surface area contributed by atoms with Gasteiger partial charge in [0.1, 0.15) is 0 Å². The van der Waals surface area contributed by atoms with Crippen LogP contribution in [0.3, 0.4) is 0 Å². The molecular formula is C14H18OS4. The maximum absolute atomic E-state index is 8.73. The Balaban J connectivity index is 1.79. The lowest BCUT2D eigenvalue weighted by Gasteiger charge is -2.10. The Morgan fingerprint density at radius 2 is 2.05 bits per heavy atom. The summed E-state index contributed by atoms with van der Waals surface area (Å²) in [5.74, 6) is 1.29. The van der Waals surface area contributed by atoms with Crippen molar-refractivity contribution in [1.82, 2.24) is 0 Å². The number of hydrogen-bond donors (Lipinski definition) is 1. The van der Waals surface area contributed by atoms with E-state index in [2.05, 4.69) is 35.9 Å². The summed E-state index contributed by atoms with van der Waals surface area (Å²) in [6.45, 7) is 0. The highest BCUT2D eigenvalue weighted by Crippen LogP contribution is 2.52. The van der Waals surface area contributed by atoms with Crippen molar-refractivity contribution in [3.05, 3.63) is 40.1 Å². The molecule has 0 spiro atoms. The summed E-state index contributed by atoms with van der Waals surface area (Å²) in [6, 6.07) is 8.90. The van der Waals surface area contributed by atoms with Crippen molar-refractivity contribution < 1.29 is 5.11 Å². The minimum Gasteiger partial charge on any atom is -0.386 e. The van der Waals surface area contributed by atoms with Crippen molar-refractivity contribution in [3.8, 4) is 0 Å². The third-order valence-corrected chi connectivity index (χ3v) is 7.10. The fraction of sp³-hybridized carbons (Fsp3) is 0.429.